The van der Waals surface area contributed by atoms with Crippen LogP contribution >= 0.6 is 15.9 Å². The minimum atomic E-state index is 0.133. The van der Waals surface area contributed by atoms with E-state index in [1.807, 2.05) is 25.1 Å². The van der Waals surface area contributed by atoms with Gasteiger partial charge in [0.05, 0.1) is 6.10 Å². The van der Waals surface area contributed by atoms with Gasteiger partial charge in [-0.1, -0.05) is 21.1 Å². The Hall–Kier alpha value is -1.27. The van der Waals surface area contributed by atoms with Crippen LogP contribution in [0, 0.1) is 0 Å². The van der Waals surface area contributed by atoms with Crippen LogP contribution in [-0.2, 0) is 4.74 Å². The van der Waals surface area contributed by atoms with Gasteiger partial charge >= 0.3 is 0 Å². The third-order valence-corrected chi connectivity index (χ3v) is 4.02. The van der Waals surface area contributed by atoms with Gasteiger partial charge in [-0.05, 0) is 38.0 Å². The van der Waals surface area contributed by atoms with Crippen LogP contribution in [0.25, 0.3) is 0 Å². The van der Waals surface area contributed by atoms with Crippen LogP contribution in [0.4, 0.5) is 5.69 Å². The van der Waals surface area contributed by atoms with Gasteiger partial charge in [-0.2, -0.15) is 0 Å². The highest BCUT2D eigenvalue weighted by atomic mass is 79.9. The van der Waals surface area contributed by atoms with Crippen molar-refractivity contribution in [3.63, 3.8) is 0 Å². The Morgan fingerprint density at radius 1 is 1.50 bits per heavy atom. The zero-order chi connectivity index (χ0) is 14.5. The molecule has 1 aromatic carbocycles. The number of piperidine rings is 1. The molecular weight excluding hydrogens is 322 g/mol. The normalized spacial score (nSPS) is 17.5. The third kappa shape index (κ3) is 3.43. The van der Waals surface area contributed by atoms with E-state index in [1.165, 1.54) is 0 Å². The predicted molar refractivity (Wildman–Crippen MR) is 83.5 cm³/mol. The zero-order valence-corrected chi connectivity index (χ0v) is 13.1. The number of oxime groups is 1. The maximum atomic E-state index is 8.92. The SMILES string of the molecule is CCOC1CCN(c2ccc(Br)cc2/C(N)=N/O)CC1. The lowest BCUT2D eigenvalue weighted by atomic mass is 10.0. The Morgan fingerprint density at radius 3 is 2.80 bits per heavy atom. The molecular formula is C14H20BrN3O2. The van der Waals surface area contributed by atoms with Crippen LogP contribution in [0.15, 0.2) is 27.8 Å². The van der Waals surface area contributed by atoms with Gasteiger partial charge in [-0.3, -0.25) is 0 Å². The van der Waals surface area contributed by atoms with E-state index in [4.69, 9.17) is 15.7 Å². The number of nitrogens with zero attached hydrogens (tertiary/aromatic N) is 2. The van der Waals surface area contributed by atoms with Crippen molar-refractivity contribution in [2.75, 3.05) is 24.6 Å². The Morgan fingerprint density at radius 2 is 2.20 bits per heavy atom. The summed E-state index contributed by atoms with van der Waals surface area (Å²) in [5.41, 5.74) is 7.52. The van der Waals surface area contributed by atoms with E-state index in [1.54, 1.807) is 0 Å². The first-order valence-electron chi connectivity index (χ1n) is 6.79. The highest BCUT2D eigenvalue weighted by Gasteiger charge is 2.22. The second-order valence-corrected chi connectivity index (χ2v) is 5.70. The number of benzene rings is 1. The largest absolute Gasteiger partial charge is 0.409 e. The topological polar surface area (TPSA) is 71.1 Å². The first-order valence-corrected chi connectivity index (χ1v) is 7.59. The van der Waals surface area contributed by atoms with Gasteiger partial charge in [0.25, 0.3) is 0 Å². The van der Waals surface area contributed by atoms with Crippen molar-refractivity contribution in [1.29, 1.82) is 0 Å². The fraction of sp³-hybridized carbons (Fsp3) is 0.500. The summed E-state index contributed by atoms with van der Waals surface area (Å²) in [6.07, 6.45) is 2.35. The highest BCUT2D eigenvalue weighted by molar-refractivity contribution is 9.10. The Balaban J connectivity index is 2.17. The molecule has 1 aliphatic rings. The first-order chi connectivity index (χ1) is 9.65. The van der Waals surface area contributed by atoms with Crippen LogP contribution in [0.2, 0.25) is 0 Å². The fourth-order valence-corrected chi connectivity index (χ4v) is 2.90. The molecule has 20 heavy (non-hydrogen) atoms. The number of ether oxygens (including phenoxy) is 1. The average Bonchev–Trinajstić information content (AvgIpc) is 2.47. The van der Waals surface area contributed by atoms with Crippen molar-refractivity contribution in [2.45, 2.75) is 25.9 Å². The summed E-state index contributed by atoms with van der Waals surface area (Å²) in [4.78, 5) is 2.26. The molecule has 0 spiro atoms. The number of halogens is 1. The lowest BCUT2D eigenvalue weighted by molar-refractivity contribution is 0.0459. The van der Waals surface area contributed by atoms with E-state index in [9.17, 15) is 0 Å². The quantitative estimate of drug-likeness (QED) is 0.382. The molecule has 1 fully saturated rings. The second kappa shape index (κ2) is 6.95. The minimum Gasteiger partial charge on any atom is -0.409 e. The van der Waals surface area contributed by atoms with E-state index in [-0.39, 0.29) is 5.84 Å². The van der Waals surface area contributed by atoms with Gasteiger partial charge in [-0.25, -0.2) is 0 Å². The lowest BCUT2D eigenvalue weighted by Crippen LogP contribution is -2.38. The van der Waals surface area contributed by atoms with E-state index >= 15 is 0 Å². The van der Waals surface area contributed by atoms with Crippen LogP contribution in [0.5, 0.6) is 0 Å². The lowest BCUT2D eigenvalue weighted by Gasteiger charge is -2.34. The van der Waals surface area contributed by atoms with E-state index in [0.717, 1.165) is 48.3 Å². The molecule has 5 nitrogen and oxygen atoms in total. The Labute approximate surface area is 127 Å². The summed E-state index contributed by atoms with van der Waals surface area (Å²) >= 11 is 3.42. The van der Waals surface area contributed by atoms with Gasteiger partial charge < -0.3 is 20.6 Å². The van der Waals surface area contributed by atoms with Crippen molar-refractivity contribution < 1.29 is 9.94 Å². The number of amidine groups is 1. The number of hydrogen-bond acceptors (Lipinski definition) is 4. The van der Waals surface area contributed by atoms with Gasteiger partial charge in [0.2, 0.25) is 0 Å². The fourth-order valence-electron chi connectivity index (χ4n) is 2.54. The molecule has 0 aromatic heterocycles. The molecule has 0 radical (unpaired) electrons. The van der Waals surface area contributed by atoms with Crippen LogP contribution in [-0.4, -0.2) is 36.8 Å². The van der Waals surface area contributed by atoms with Gasteiger partial charge in [0.15, 0.2) is 5.84 Å². The minimum absolute atomic E-state index is 0.133. The molecule has 1 heterocycles. The third-order valence-electron chi connectivity index (χ3n) is 3.53. The molecule has 1 saturated heterocycles. The average molecular weight is 342 g/mol. The smallest absolute Gasteiger partial charge is 0.172 e. The molecule has 1 aliphatic heterocycles. The van der Waals surface area contributed by atoms with Crippen molar-refractivity contribution in [3.05, 3.63) is 28.2 Å². The van der Waals surface area contributed by atoms with Crippen molar-refractivity contribution >= 4 is 27.5 Å². The molecule has 0 amide bonds. The molecule has 2 rings (SSSR count). The number of anilines is 1. The summed E-state index contributed by atoms with van der Waals surface area (Å²) in [6, 6.07) is 5.84. The van der Waals surface area contributed by atoms with Crippen LogP contribution in [0.1, 0.15) is 25.3 Å². The first kappa shape index (κ1) is 15.1. The second-order valence-electron chi connectivity index (χ2n) is 4.79. The van der Waals surface area contributed by atoms with E-state index in [2.05, 4.69) is 26.0 Å². The highest BCUT2D eigenvalue weighted by Crippen LogP contribution is 2.27. The Bertz CT molecular complexity index is 485. The standard InChI is InChI=1S/C14H20BrN3O2/c1-2-20-11-5-7-18(8-6-11)13-4-3-10(15)9-12(13)14(16)17-19/h3-4,9,11,19H,2,5-8H2,1H3,(H2,16,17). The molecule has 6 heteroatoms. The maximum absolute atomic E-state index is 8.92. The summed E-state index contributed by atoms with van der Waals surface area (Å²) < 4.78 is 6.57. The van der Waals surface area contributed by atoms with Crippen molar-refractivity contribution in [3.8, 4) is 0 Å². The van der Waals surface area contributed by atoms with Gasteiger partial charge in [-0.15, -0.1) is 0 Å². The number of hydrogen-bond donors (Lipinski definition) is 2. The molecule has 110 valence electrons. The summed E-state index contributed by atoms with van der Waals surface area (Å²) in [7, 11) is 0. The van der Waals surface area contributed by atoms with Crippen LogP contribution in [0.3, 0.4) is 0 Å². The zero-order valence-electron chi connectivity index (χ0n) is 11.6. The molecule has 1 aromatic rings. The van der Waals surface area contributed by atoms with Crippen molar-refractivity contribution in [1.82, 2.24) is 0 Å². The maximum Gasteiger partial charge on any atom is 0.172 e. The molecule has 3 N–H and O–H groups in total. The molecule has 0 bridgehead atoms. The summed E-state index contributed by atoms with van der Waals surface area (Å²) in [5, 5.41) is 12.0. The van der Waals surface area contributed by atoms with Gasteiger partial charge in [0.1, 0.15) is 0 Å². The van der Waals surface area contributed by atoms with Crippen molar-refractivity contribution in [2.24, 2.45) is 10.9 Å². The molecule has 0 unspecified atom stereocenters. The molecule has 0 aliphatic carbocycles. The van der Waals surface area contributed by atoms with E-state index < -0.39 is 0 Å². The predicted octanol–water partition coefficient (Wildman–Crippen LogP) is 2.55. The number of nitrogens with two attached hydrogens (primary N) is 1. The molecule has 0 saturated carbocycles. The van der Waals surface area contributed by atoms with E-state index in [0.29, 0.717) is 6.10 Å². The monoisotopic (exact) mass is 341 g/mol. The summed E-state index contributed by atoms with van der Waals surface area (Å²) in [5.74, 6) is 0.133. The molecule has 0 atom stereocenters. The van der Waals surface area contributed by atoms with Gasteiger partial charge in [0, 0.05) is 35.4 Å². The van der Waals surface area contributed by atoms with Crippen LogP contribution < -0.4 is 10.6 Å². The Kier molecular flexibility index (Phi) is 5.25. The summed E-state index contributed by atoms with van der Waals surface area (Å²) in [6.45, 7) is 4.62. The number of rotatable bonds is 4.